The Morgan fingerprint density at radius 1 is 1.33 bits per heavy atom. The number of nitrogens with zero attached hydrogens (tertiary/aromatic N) is 2. The van der Waals surface area contributed by atoms with Gasteiger partial charge in [-0.3, -0.25) is 0 Å². The Morgan fingerprint density at radius 2 is 2.05 bits per heavy atom. The van der Waals surface area contributed by atoms with Crippen molar-refractivity contribution in [2.75, 3.05) is 19.7 Å². The van der Waals surface area contributed by atoms with Gasteiger partial charge >= 0.3 is 0 Å². The van der Waals surface area contributed by atoms with Gasteiger partial charge < -0.3 is 20.2 Å². The first-order valence-corrected chi connectivity index (χ1v) is 7.50. The number of hydrogen-bond acceptors (Lipinski definition) is 4. The number of aliphatic hydroxyl groups excluding tert-OH is 1. The predicted octanol–water partition coefficient (Wildman–Crippen LogP) is 1.76. The molecule has 0 aliphatic heterocycles. The maximum atomic E-state index is 9.44. The summed E-state index contributed by atoms with van der Waals surface area (Å²) in [7, 11) is 0. The molecule has 0 radical (unpaired) electrons. The Kier molecular flexibility index (Phi) is 6.68. The Hall–Kier alpha value is -1.56. The van der Waals surface area contributed by atoms with Crippen molar-refractivity contribution in [3.8, 4) is 0 Å². The van der Waals surface area contributed by atoms with Crippen LogP contribution < -0.4 is 10.6 Å². The molecule has 1 atom stereocenters. The Morgan fingerprint density at radius 3 is 2.52 bits per heavy atom. The van der Waals surface area contributed by atoms with Crippen molar-refractivity contribution in [3.05, 3.63) is 17.3 Å². The molecule has 1 aromatic rings. The maximum absolute atomic E-state index is 9.44. The van der Waals surface area contributed by atoms with Crippen LogP contribution in [0, 0.1) is 19.3 Å². The van der Waals surface area contributed by atoms with Gasteiger partial charge in [0.05, 0.1) is 12.3 Å². The van der Waals surface area contributed by atoms with E-state index in [2.05, 4.69) is 27.5 Å². The zero-order valence-corrected chi connectivity index (χ0v) is 13.8. The first-order valence-electron chi connectivity index (χ1n) is 7.50. The molecule has 120 valence electrons. The summed E-state index contributed by atoms with van der Waals surface area (Å²) in [5.41, 5.74) is 0.753. The van der Waals surface area contributed by atoms with Gasteiger partial charge in [-0.2, -0.15) is 0 Å². The summed E-state index contributed by atoms with van der Waals surface area (Å²) in [6.45, 7) is 11.9. The standard InChI is InChI=1S/C15H28N4O2/c1-6-15(5,10-20)9-18-14(16-7-2)17-8-13-19-11(3)12(4)21-13/h20H,6-10H2,1-5H3,(H2,16,17,18). The van der Waals surface area contributed by atoms with Gasteiger partial charge in [-0.05, 0) is 27.2 Å². The molecule has 0 aromatic carbocycles. The van der Waals surface area contributed by atoms with E-state index in [1.807, 2.05) is 27.7 Å². The highest BCUT2D eigenvalue weighted by Crippen LogP contribution is 2.18. The molecule has 0 fully saturated rings. The maximum Gasteiger partial charge on any atom is 0.216 e. The van der Waals surface area contributed by atoms with E-state index in [-0.39, 0.29) is 12.0 Å². The lowest BCUT2D eigenvalue weighted by molar-refractivity contribution is 0.140. The molecule has 6 nitrogen and oxygen atoms in total. The van der Waals surface area contributed by atoms with Crippen LogP contribution in [0.15, 0.2) is 9.41 Å². The van der Waals surface area contributed by atoms with E-state index in [1.54, 1.807) is 0 Å². The molecule has 21 heavy (non-hydrogen) atoms. The van der Waals surface area contributed by atoms with Gasteiger partial charge in [0.25, 0.3) is 0 Å². The molecule has 0 aliphatic rings. The van der Waals surface area contributed by atoms with Crippen molar-refractivity contribution < 1.29 is 9.52 Å². The SMILES string of the molecule is CCNC(=NCc1nc(C)c(C)o1)NCC(C)(CC)CO. The molecule has 0 saturated carbocycles. The fourth-order valence-electron chi connectivity index (χ4n) is 1.69. The summed E-state index contributed by atoms with van der Waals surface area (Å²) in [5, 5.41) is 15.9. The summed E-state index contributed by atoms with van der Waals surface area (Å²) in [5.74, 6) is 2.15. The monoisotopic (exact) mass is 296 g/mol. The predicted molar refractivity (Wildman–Crippen MR) is 84.3 cm³/mol. The number of aliphatic imine (C=N–C) groups is 1. The molecule has 0 amide bonds. The van der Waals surface area contributed by atoms with E-state index in [0.717, 1.165) is 24.4 Å². The van der Waals surface area contributed by atoms with Gasteiger partial charge in [0, 0.05) is 18.5 Å². The largest absolute Gasteiger partial charge is 0.444 e. The van der Waals surface area contributed by atoms with Gasteiger partial charge in [0.15, 0.2) is 5.96 Å². The highest BCUT2D eigenvalue weighted by Gasteiger charge is 2.21. The minimum atomic E-state index is -0.147. The van der Waals surface area contributed by atoms with Gasteiger partial charge in [-0.25, -0.2) is 9.98 Å². The van der Waals surface area contributed by atoms with Crippen LogP contribution in [-0.2, 0) is 6.54 Å². The lowest BCUT2D eigenvalue weighted by atomic mass is 9.89. The van der Waals surface area contributed by atoms with E-state index in [0.29, 0.717) is 24.9 Å². The summed E-state index contributed by atoms with van der Waals surface area (Å²) in [4.78, 5) is 8.78. The van der Waals surface area contributed by atoms with Crippen LogP contribution in [0.2, 0.25) is 0 Å². The fraction of sp³-hybridized carbons (Fsp3) is 0.733. The van der Waals surface area contributed by atoms with Gasteiger partial charge in [-0.1, -0.05) is 13.8 Å². The summed E-state index contributed by atoms with van der Waals surface area (Å²) in [6.07, 6.45) is 0.897. The van der Waals surface area contributed by atoms with Gasteiger partial charge in [0.2, 0.25) is 5.89 Å². The van der Waals surface area contributed by atoms with Crippen LogP contribution in [0.4, 0.5) is 0 Å². The van der Waals surface area contributed by atoms with Crippen molar-refractivity contribution in [1.82, 2.24) is 15.6 Å². The number of aryl methyl sites for hydroxylation is 2. The molecule has 1 heterocycles. The second-order valence-corrected chi connectivity index (χ2v) is 5.62. The molecule has 3 N–H and O–H groups in total. The number of rotatable bonds is 7. The van der Waals surface area contributed by atoms with Crippen LogP contribution >= 0.6 is 0 Å². The normalized spacial score (nSPS) is 14.9. The van der Waals surface area contributed by atoms with Crippen LogP contribution in [0.5, 0.6) is 0 Å². The molecule has 1 aromatic heterocycles. The first kappa shape index (κ1) is 17.5. The van der Waals surface area contributed by atoms with E-state index >= 15 is 0 Å². The van der Waals surface area contributed by atoms with E-state index < -0.39 is 0 Å². The van der Waals surface area contributed by atoms with Gasteiger partial charge in [-0.15, -0.1) is 0 Å². The van der Waals surface area contributed by atoms with Crippen LogP contribution in [0.3, 0.4) is 0 Å². The van der Waals surface area contributed by atoms with E-state index in [9.17, 15) is 5.11 Å². The third-order valence-corrected chi connectivity index (χ3v) is 3.71. The van der Waals surface area contributed by atoms with Crippen molar-refractivity contribution in [2.45, 2.75) is 47.6 Å². The van der Waals surface area contributed by atoms with Crippen LogP contribution in [0.1, 0.15) is 44.5 Å². The molecule has 0 spiro atoms. The molecular weight excluding hydrogens is 268 g/mol. The second kappa shape index (κ2) is 8.02. The molecule has 0 saturated heterocycles. The number of aliphatic hydroxyl groups is 1. The Bertz CT molecular complexity index is 445. The highest BCUT2D eigenvalue weighted by atomic mass is 16.4. The molecule has 6 heteroatoms. The average molecular weight is 296 g/mol. The third kappa shape index (κ3) is 5.38. The molecular formula is C15H28N4O2. The summed E-state index contributed by atoms with van der Waals surface area (Å²) >= 11 is 0. The first-order chi connectivity index (χ1) is 9.94. The van der Waals surface area contributed by atoms with Crippen molar-refractivity contribution in [3.63, 3.8) is 0 Å². The molecule has 1 rings (SSSR count). The fourth-order valence-corrected chi connectivity index (χ4v) is 1.69. The Balaban J connectivity index is 2.65. The number of guanidine groups is 1. The van der Waals surface area contributed by atoms with Crippen LogP contribution in [0.25, 0.3) is 0 Å². The number of nitrogens with one attached hydrogen (secondary N) is 2. The van der Waals surface area contributed by atoms with E-state index in [4.69, 9.17) is 4.42 Å². The molecule has 1 unspecified atom stereocenters. The third-order valence-electron chi connectivity index (χ3n) is 3.71. The van der Waals surface area contributed by atoms with Gasteiger partial charge in [0.1, 0.15) is 12.3 Å². The average Bonchev–Trinajstić information content (AvgIpc) is 2.80. The molecule has 0 bridgehead atoms. The minimum absolute atomic E-state index is 0.147. The second-order valence-electron chi connectivity index (χ2n) is 5.62. The zero-order chi connectivity index (χ0) is 15.9. The van der Waals surface area contributed by atoms with Crippen LogP contribution in [-0.4, -0.2) is 35.7 Å². The lowest BCUT2D eigenvalue weighted by Crippen LogP contribution is -2.43. The quantitative estimate of drug-likeness (QED) is 0.527. The smallest absolute Gasteiger partial charge is 0.216 e. The van der Waals surface area contributed by atoms with E-state index in [1.165, 1.54) is 0 Å². The van der Waals surface area contributed by atoms with Crippen molar-refractivity contribution in [2.24, 2.45) is 10.4 Å². The lowest BCUT2D eigenvalue weighted by Gasteiger charge is -2.26. The Labute approximate surface area is 127 Å². The summed E-state index contributed by atoms with van der Waals surface area (Å²) in [6, 6.07) is 0. The minimum Gasteiger partial charge on any atom is -0.444 e. The number of aromatic nitrogens is 1. The number of hydrogen-bond donors (Lipinski definition) is 3. The van der Waals surface area contributed by atoms with Crippen molar-refractivity contribution in [1.29, 1.82) is 0 Å². The highest BCUT2D eigenvalue weighted by molar-refractivity contribution is 5.79. The summed E-state index contributed by atoms with van der Waals surface area (Å²) < 4.78 is 5.52. The number of oxazole rings is 1. The van der Waals surface area contributed by atoms with Crippen molar-refractivity contribution >= 4 is 5.96 Å². The topological polar surface area (TPSA) is 82.7 Å². The molecule has 0 aliphatic carbocycles. The zero-order valence-electron chi connectivity index (χ0n) is 13.8.